The van der Waals surface area contributed by atoms with Crippen molar-refractivity contribution < 1.29 is 9.15 Å². The second-order valence-corrected chi connectivity index (χ2v) is 8.97. The zero-order valence-electron chi connectivity index (χ0n) is 18.5. The molecule has 0 spiro atoms. The molecule has 0 aliphatic heterocycles. The van der Waals surface area contributed by atoms with Crippen LogP contribution in [-0.4, -0.2) is 12.1 Å². The molecule has 8 aromatic rings. The van der Waals surface area contributed by atoms with Crippen LogP contribution in [0.2, 0.25) is 0 Å². The number of ether oxygens (including phenoxy) is 1. The van der Waals surface area contributed by atoms with Crippen molar-refractivity contribution in [2.75, 3.05) is 7.11 Å². The Morgan fingerprint density at radius 3 is 2.00 bits per heavy atom. The first-order valence-corrected chi connectivity index (χ1v) is 11.5. The lowest BCUT2D eigenvalue weighted by molar-refractivity contribution is 0.420. The molecule has 6 aromatic carbocycles. The number of aromatic amines is 1. The summed E-state index contributed by atoms with van der Waals surface area (Å²) in [5.74, 6) is 0.879. The van der Waals surface area contributed by atoms with Crippen molar-refractivity contribution in [3.05, 3.63) is 91.0 Å². The van der Waals surface area contributed by atoms with Crippen LogP contribution in [0.1, 0.15) is 0 Å². The largest absolute Gasteiger partial charge is 0.496 e. The van der Waals surface area contributed by atoms with Gasteiger partial charge < -0.3 is 14.1 Å². The van der Waals surface area contributed by atoms with E-state index in [4.69, 9.17) is 9.15 Å². The minimum atomic E-state index is 0.879. The van der Waals surface area contributed by atoms with E-state index in [-0.39, 0.29) is 0 Å². The Bertz CT molecular complexity index is 2110. The number of fused-ring (bicyclic) bond motifs is 13. The van der Waals surface area contributed by atoms with E-state index in [9.17, 15) is 0 Å². The highest BCUT2D eigenvalue weighted by Crippen LogP contribution is 2.46. The number of rotatable bonds is 1. The molecule has 0 saturated heterocycles. The molecule has 0 amide bonds. The summed E-state index contributed by atoms with van der Waals surface area (Å²) in [6, 6.07) is 32.1. The molecule has 3 nitrogen and oxygen atoms in total. The van der Waals surface area contributed by atoms with Gasteiger partial charge >= 0.3 is 0 Å². The molecule has 160 valence electrons. The van der Waals surface area contributed by atoms with Crippen molar-refractivity contribution in [3.8, 4) is 5.75 Å². The number of furan rings is 1. The maximum absolute atomic E-state index is 6.62. The zero-order valence-corrected chi connectivity index (χ0v) is 18.5. The highest BCUT2D eigenvalue weighted by Gasteiger charge is 2.21. The quantitative estimate of drug-likeness (QED) is 0.279. The highest BCUT2D eigenvalue weighted by molar-refractivity contribution is 6.36. The Balaban J connectivity index is 1.68. The lowest BCUT2D eigenvalue weighted by Crippen LogP contribution is -1.85. The molecule has 0 fully saturated rings. The van der Waals surface area contributed by atoms with Gasteiger partial charge in [0.1, 0.15) is 11.3 Å². The normalized spacial score (nSPS) is 12.3. The van der Waals surface area contributed by atoms with Gasteiger partial charge in [-0.15, -0.1) is 0 Å². The van der Waals surface area contributed by atoms with Gasteiger partial charge in [-0.2, -0.15) is 0 Å². The molecule has 1 N–H and O–H groups in total. The molecule has 0 saturated carbocycles. The average molecular weight is 437 g/mol. The van der Waals surface area contributed by atoms with Gasteiger partial charge in [-0.25, -0.2) is 0 Å². The van der Waals surface area contributed by atoms with Gasteiger partial charge in [-0.1, -0.05) is 72.8 Å². The van der Waals surface area contributed by atoms with Gasteiger partial charge in [-0.05, 0) is 39.7 Å². The van der Waals surface area contributed by atoms with Gasteiger partial charge in [0.05, 0.1) is 18.1 Å². The molecule has 0 unspecified atom stereocenters. The Morgan fingerprint density at radius 2 is 1.24 bits per heavy atom. The molecule has 0 aliphatic rings. The first kappa shape index (κ1) is 18.0. The minimum Gasteiger partial charge on any atom is -0.496 e. The van der Waals surface area contributed by atoms with Crippen LogP contribution in [0.3, 0.4) is 0 Å². The van der Waals surface area contributed by atoms with E-state index in [1.54, 1.807) is 7.11 Å². The van der Waals surface area contributed by atoms with Gasteiger partial charge in [0.25, 0.3) is 0 Å². The summed E-state index contributed by atoms with van der Waals surface area (Å²) >= 11 is 0. The summed E-state index contributed by atoms with van der Waals surface area (Å²) in [5.41, 5.74) is 3.95. The predicted molar refractivity (Wildman–Crippen MR) is 142 cm³/mol. The Kier molecular flexibility index (Phi) is 3.33. The molecule has 3 heteroatoms. The summed E-state index contributed by atoms with van der Waals surface area (Å²) in [6.07, 6.45) is 0. The third-order valence-electron chi connectivity index (χ3n) is 7.25. The number of H-pyrrole nitrogens is 1. The molecular weight excluding hydrogens is 418 g/mol. The second kappa shape index (κ2) is 6.30. The number of nitrogens with one attached hydrogen (secondary N) is 1. The number of hydrogen-bond donors (Lipinski definition) is 1. The van der Waals surface area contributed by atoms with Crippen molar-refractivity contribution in [2.24, 2.45) is 0 Å². The van der Waals surface area contributed by atoms with Crippen LogP contribution in [0.5, 0.6) is 5.75 Å². The van der Waals surface area contributed by atoms with Gasteiger partial charge in [0.15, 0.2) is 5.58 Å². The Morgan fingerprint density at radius 1 is 0.588 bits per heavy atom. The molecule has 2 heterocycles. The summed E-state index contributed by atoms with van der Waals surface area (Å²) in [6.45, 7) is 0. The third-order valence-corrected chi connectivity index (χ3v) is 7.25. The molecular formula is C31H19NO2. The summed E-state index contributed by atoms with van der Waals surface area (Å²) in [4.78, 5) is 3.76. The van der Waals surface area contributed by atoms with Crippen LogP contribution >= 0.6 is 0 Å². The second-order valence-electron chi connectivity index (χ2n) is 8.97. The number of aromatic nitrogens is 1. The maximum atomic E-state index is 6.62. The molecule has 8 rings (SSSR count). The number of methoxy groups -OCH3 is 1. The predicted octanol–water partition coefficient (Wildman–Crippen LogP) is 8.69. The first-order chi connectivity index (χ1) is 16.8. The van der Waals surface area contributed by atoms with Gasteiger partial charge in [-0.3, -0.25) is 0 Å². The molecule has 0 bridgehead atoms. The number of hydrogen-bond acceptors (Lipinski definition) is 2. The fourth-order valence-corrected chi connectivity index (χ4v) is 5.76. The van der Waals surface area contributed by atoms with E-state index in [2.05, 4.69) is 96.0 Å². The SMILES string of the molecule is COc1cc2c([nH]c3c4oc5cc6ccccc6cc5c4c4ccccc4c23)c2ccccc12. The van der Waals surface area contributed by atoms with Gasteiger partial charge in [0, 0.05) is 32.3 Å². The van der Waals surface area contributed by atoms with Crippen LogP contribution in [0.25, 0.3) is 76.1 Å². The number of benzene rings is 6. The van der Waals surface area contributed by atoms with Crippen LogP contribution in [0.15, 0.2) is 95.4 Å². The average Bonchev–Trinajstić information content (AvgIpc) is 3.46. The van der Waals surface area contributed by atoms with Crippen molar-refractivity contribution in [1.82, 2.24) is 4.98 Å². The molecule has 34 heavy (non-hydrogen) atoms. The Hall–Kier alpha value is -4.50. The summed E-state index contributed by atoms with van der Waals surface area (Å²) in [5, 5.41) is 11.7. The van der Waals surface area contributed by atoms with Crippen molar-refractivity contribution in [2.45, 2.75) is 0 Å². The highest BCUT2D eigenvalue weighted by atomic mass is 16.5. The van der Waals surface area contributed by atoms with E-state index < -0.39 is 0 Å². The van der Waals surface area contributed by atoms with Crippen molar-refractivity contribution in [1.29, 1.82) is 0 Å². The van der Waals surface area contributed by atoms with Gasteiger partial charge in [0.2, 0.25) is 0 Å². The summed E-state index contributed by atoms with van der Waals surface area (Å²) < 4.78 is 12.4. The minimum absolute atomic E-state index is 0.879. The topological polar surface area (TPSA) is 38.2 Å². The first-order valence-electron chi connectivity index (χ1n) is 11.5. The molecule has 0 aliphatic carbocycles. The van der Waals surface area contributed by atoms with Crippen molar-refractivity contribution in [3.63, 3.8) is 0 Å². The van der Waals surface area contributed by atoms with Crippen LogP contribution in [-0.2, 0) is 0 Å². The van der Waals surface area contributed by atoms with E-state index >= 15 is 0 Å². The smallest absolute Gasteiger partial charge is 0.160 e. The summed E-state index contributed by atoms with van der Waals surface area (Å²) in [7, 11) is 1.74. The van der Waals surface area contributed by atoms with Crippen LogP contribution in [0, 0.1) is 0 Å². The lowest BCUT2D eigenvalue weighted by Gasteiger charge is -2.07. The monoisotopic (exact) mass is 437 g/mol. The standard InChI is InChI=1S/C31H19NO2/c1-33-25-16-24-27-20-11-5-6-12-21(20)28-23-14-17-8-2-3-9-18(17)15-26(23)34-31(28)30(27)32-29(24)22-13-7-4-10-19(22)25/h2-16,32H,1H3. The van der Waals surface area contributed by atoms with Crippen LogP contribution < -0.4 is 4.74 Å². The molecule has 2 aromatic heterocycles. The van der Waals surface area contributed by atoms with E-state index in [1.165, 1.54) is 26.9 Å². The fourth-order valence-electron chi connectivity index (χ4n) is 5.76. The molecule has 0 radical (unpaired) electrons. The van der Waals surface area contributed by atoms with Crippen LogP contribution in [0.4, 0.5) is 0 Å². The fraction of sp³-hybridized carbons (Fsp3) is 0.0323. The van der Waals surface area contributed by atoms with Crippen molar-refractivity contribution >= 4 is 76.1 Å². The maximum Gasteiger partial charge on any atom is 0.160 e. The molecule has 0 atom stereocenters. The lowest BCUT2D eigenvalue weighted by atomic mass is 9.97. The van der Waals surface area contributed by atoms with E-state index in [1.807, 2.05) is 0 Å². The van der Waals surface area contributed by atoms with E-state index in [0.717, 1.165) is 54.9 Å². The zero-order chi connectivity index (χ0) is 22.4. The van der Waals surface area contributed by atoms with E-state index in [0.29, 0.717) is 0 Å². The third kappa shape index (κ3) is 2.16. The Labute approximate surface area is 194 Å².